The third kappa shape index (κ3) is 3.37. The Morgan fingerprint density at radius 1 is 1.47 bits per heavy atom. The van der Waals surface area contributed by atoms with Crippen LogP contribution >= 0.6 is 15.9 Å². The molecule has 1 atom stereocenters. The number of sulfonamides is 1. The first-order valence-corrected chi connectivity index (χ1v) is 8.45. The molecule has 0 saturated carbocycles. The number of aryl methyl sites for hydroxylation is 1. The lowest BCUT2D eigenvalue weighted by atomic mass is 10.1. The number of benzene rings is 1. The summed E-state index contributed by atoms with van der Waals surface area (Å²) in [7, 11) is -1.82. The molecule has 1 fully saturated rings. The molecule has 6 heteroatoms. The summed E-state index contributed by atoms with van der Waals surface area (Å²) in [6.45, 7) is 3.81. The highest BCUT2D eigenvalue weighted by Crippen LogP contribution is 2.26. The molecule has 0 N–H and O–H groups in total. The first-order valence-electron chi connectivity index (χ1n) is 6.21. The van der Waals surface area contributed by atoms with Crippen LogP contribution in [0.4, 0.5) is 0 Å². The fourth-order valence-corrected chi connectivity index (χ4v) is 4.57. The quantitative estimate of drug-likeness (QED) is 0.840. The first kappa shape index (κ1) is 15.0. The molecule has 1 aliphatic heterocycles. The minimum absolute atomic E-state index is 0.295. The van der Waals surface area contributed by atoms with E-state index >= 15 is 0 Å². The maximum absolute atomic E-state index is 12.5. The van der Waals surface area contributed by atoms with Crippen LogP contribution in [0, 0.1) is 12.8 Å². The van der Waals surface area contributed by atoms with Gasteiger partial charge in [-0.05, 0) is 52.9 Å². The molecule has 0 spiro atoms. The van der Waals surface area contributed by atoms with Crippen molar-refractivity contribution >= 4 is 26.0 Å². The van der Waals surface area contributed by atoms with Gasteiger partial charge in [0.2, 0.25) is 10.0 Å². The van der Waals surface area contributed by atoms with E-state index < -0.39 is 10.0 Å². The summed E-state index contributed by atoms with van der Waals surface area (Å²) in [6, 6.07) is 5.28. The molecule has 1 aliphatic rings. The number of halogens is 1. The fraction of sp³-hybridized carbons (Fsp3) is 0.538. The number of hydrogen-bond donors (Lipinski definition) is 0. The Hall–Kier alpha value is -0.430. The van der Waals surface area contributed by atoms with Gasteiger partial charge in [-0.3, -0.25) is 0 Å². The second kappa shape index (κ2) is 5.91. The highest BCUT2D eigenvalue weighted by atomic mass is 79.9. The minimum atomic E-state index is -3.44. The molecule has 4 nitrogen and oxygen atoms in total. The SMILES string of the molecule is Cc1ccc(S(=O)(=O)N(C)CC2CCOC2)c(Br)c1. The molecule has 19 heavy (non-hydrogen) atoms. The highest BCUT2D eigenvalue weighted by Gasteiger charge is 2.27. The second-order valence-corrected chi connectivity index (χ2v) is 7.82. The lowest BCUT2D eigenvalue weighted by Gasteiger charge is -2.20. The molecule has 0 aliphatic carbocycles. The van der Waals surface area contributed by atoms with Gasteiger partial charge in [-0.1, -0.05) is 6.07 Å². The summed E-state index contributed by atoms with van der Waals surface area (Å²) in [5.74, 6) is 0.295. The Kier molecular flexibility index (Phi) is 4.66. The van der Waals surface area contributed by atoms with Gasteiger partial charge in [0.15, 0.2) is 0 Å². The molecule has 106 valence electrons. The molecule has 1 unspecified atom stereocenters. The Balaban J connectivity index is 2.20. The molecule has 1 aromatic carbocycles. The highest BCUT2D eigenvalue weighted by molar-refractivity contribution is 9.10. The van der Waals surface area contributed by atoms with Crippen LogP contribution in [-0.4, -0.2) is 39.5 Å². The molecule has 1 aromatic rings. The van der Waals surface area contributed by atoms with Gasteiger partial charge in [0.25, 0.3) is 0 Å². The number of rotatable bonds is 4. The lowest BCUT2D eigenvalue weighted by molar-refractivity contribution is 0.182. The van der Waals surface area contributed by atoms with E-state index in [0.717, 1.165) is 18.6 Å². The molecule has 0 radical (unpaired) electrons. The smallest absolute Gasteiger partial charge is 0.243 e. The summed E-state index contributed by atoms with van der Waals surface area (Å²) in [6.07, 6.45) is 0.926. The summed E-state index contributed by atoms with van der Waals surface area (Å²) in [4.78, 5) is 0.319. The molecular formula is C13H18BrNO3S. The molecule has 0 bridgehead atoms. The largest absolute Gasteiger partial charge is 0.381 e. The molecule has 0 aromatic heterocycles. The predicted octanol–water partition coefficient (Wildman–Crippen LogP) is 2.41. The van der Waals surface area contributed by atoms with Gasteiger partial charge in [0.1, 0.15) is 0 Å². The minimum Gasteiger partial charge on any atom is -0.381 e. The van der Waals surface area contributed by atoms with E-state index in [-0.39, 0.29) is 0 Å². The summed E-state index contributed by atoms with van der Waals surface area (Å²) in [5, 5.41) is 0. The molecular weight excluding hydrogens is 330 g/mol. The number of hydrogen-bond acceptors (Lipinski definition) is 3. The van der Waals surface area contributed by atoms with Gasteiger partial charge in [-0.15, -0.1) is 0 Å². The van der Waals surface area contributed by atoms with Crippen molar-refractivity contribution in [3.63, 3.8) is 0 Å². The number of nitrogens with zero attached hydrogens (tertiary/aromatic N) is 1. The molecule has 2 rings (SSSR count). The van der Waals surface area contributed by atoms with Crippen molar-refractivity contribution < 1.29 is 13.2 Å². The van der Waals surface area contributed by atoms with Crippen LogP contribution in [-0.2, 0) is 14.8 Å². The fourth-order valence-electron chi connectivity index (χ4n) is 2.17. The number of ether oxygens (including phenoxy) is 1. The predicted molar refractivity (Wildman–Crippen MR) is 77.6 cm³/mol. The zero-order valence-corrected chi connectivity index (χ0v) is 13.5. The Morgan fingerprint density at radius 3 is 2.79 bits per heavy atom. The summed E-state index contributed by atoms with van der Waals surface area (Å²) >= 11 is 3.33. The topological polar surface area (TPSA) is 46.6 Å². The maximum atomic E-state index is 12.5. The van der Waals surface area contributed by atoms with Crippen molar-refractivity contribution in [2.75, 3.05) is 26.8 Å². The van der Waals surface area contributed by atoms with E-state index in [1.807, 2.05) is 19.1 Å². The van der Waals surface area contributed by atoms with Crippen molar-refractivity contribution in [3.05, 3.63) is 28.2 Å². The van der Waals surface area contributed by atoms with Crippen LogP contribution < -0.4 is 0 Å². The normalized spacial score (nSPS) is 20.1. The Morgan fingerprint density at radius 2 is 2.21 bits per heavy atom. The van der Waals surface area contributed by atoms with Gasteiger partial charge in [-0.25, -0.2) is 12.7 Å². The van der Waals surface area contributed by atoms with Crippen LogP contribution in [0.5, 0.6) is 0 Å². The van der Waals surface area contributed by atoms with Gasteiger partial charge in [0, 0.05) is 24.7 Å². The lowest BCUT2D eigenvalue weighted by Crippen LogP contribution is -2.32. The van der Waals surface area contributed by atoms with Crippen LogP contribution in [0.25, 0.3) is 0 Å². The first-order chi connectivity index (χ1) is 8.91. The standard InChI is InChI=1S/C13H18BrNO3S/c1-10-3-4-13(12(14)7-10)19(16,17)15(2)8-11-5-6-18-9-11/h3-4,7,11H,5-6,8-9H2,1-2H3. The summed E-state index contributed by atoms with van der Waals surface area (Å²) < 4.78 is 32.3. The maximum Gasteiger partial charge on any atom is 0.243 e. The molecule has 0 amide bonds. The van der Waals surface area contributed by atoms with Gasteiger partial charge >= 0.3 is 0 Å². The molecule has 1 heterocycles. The van der Waals surface area contributed by atoms with Crippen LogP contribution in [0.3, 0.4) is 0 Å². The van der Waals surface area contributed by atoms with E-state index in [1.54, 1.807) is 13.1 Å². The zero-order chi connectivity index (χ0) is 14.0. The van der Waals surface area contributed by atoms with Gasteiger partial charge in [-0.2, -0.15) is 0 Å². The Labute approximate surface area is 122 Å². The van der Waals surface area contributed by atoms with E-state index in [2.05, 4.69) is 15.9 Å². The van der Waals surface area contributed by atoms with E-state index in [0.29, 0.717) is 28.4 Å². The van der Waals surface area contributed by atoms with Gasteiger partial charge < -0.3 is 4.74 Å². The van der Waals surface area contributed by atoms with Crippen molar-refractivity contribution in [2.24, 2.45) is 5.92 Å². The average Bonchev–Trinajstić information content (AvgIpc) is 2.81. The van der Waals surface area contributed by atoms with Crippen molar-refractivity contribution in [2.45, 2.75) is 18.2 Å². The Bertz CT molecular complexity index is 553. The van der Waals surface area contributed by atoms with E-state index in [1.165, 1.54) is 4.31 Å². The van der Waals surface area contributed by atoms with Crippen molar-refractivity contribution in [1.82, 2.24) is 4.31 Å². The van der Waals surface area contributed by atoms with Crippen LogP contribution in [0.2, 0.25) is 0 Å². The van der Waals surface area contributed by atoms with Crippen LogP contribution in [0.1, 0.15) is 12.0 Å². The third-order valence-electron chi connectivity index (χ3n) is 3.31. The van der Waals surface area contributed by atoms with E-state index in [4.69, 9.17) is 4.74 Å². The summed E-state index contributed by atoms with van der Waals surface area (Å²) in [5.41, 5.74) is 1.03. The van der Waals surface area contributed by atoms with Gasteiger partial charge in [0.05, 0.1) is 11.5 Å². The van der Waals surface area contributed by atoms with E-state index in [9.17, 15) is 8.42 Å². The average molecular weight is 348 g/mol. The van der Waals surface area contributed by atoms with Crippen molar-refractivity contribution in [1.29, 1.82) is 0 Å². The zero-order valence-electron chi connectivity index (χ0n) is 11.1. The molecule has 1 saturated heterocycles. The third-order valence-corrected chi connectivity index (χ3v) is 6.11. The van der Waals surface area contributed by atoms with Crippen molar-refractivity contribution in [3.8, 4) is 0 Å². The second-order valence-electron chi connectivity index (χ2n) is 4.95. The van der Waals surface area contributed by atoms with Crippen LogP contribution in [0.15, 0.2) is 27.6 Å². The monoisotopic (exact) mass is 347 g/mol.